The molecule has 3 rings (SSSR count). The summed E-state index contributed by atoms with van der Waals surface area (Å²) in [7, 11) is 0. The lowest BCUT2D eigenvalue weighted by Crippen LogP contribution is -2.22. The summed E-state index contributed by atoms with van der Waals surface area (Å²) in [4.78, 5) is 9.83. The number of benzene rings is 1. The van der Waals surface area contributed by atoms with E-state index in [0.717, 1.165) is 29.2 Å². The van der Waals surface area contributed by atoms with Crippen LogP contribution in [-0.2, 0) is 5.41 Å². The van der Waals surface area contributed by atoms with Crippen LogP contribution in [0.1, 0.15) is 48.3 Å². The van der Waals surface area contributed by atoms with Crippen molar-refractivity contribution in [3.8, 4) is 0 Å². The zero-order chi connectivity index (χ0) is 18.0. The second kappa shape index (κ2) is 6.79. The lowest BCUT2D eigenvalue weighted by Gasteiger charge is -2.26. The van der Waals surface area contributed by atoms with Crippen LogP contribution in [-0.4, -0.2) is 10.7 Å². The first-order chi connectivity index (χ1) is 11.9. The van der Waals surface area contributed by atoms with Crippen LogP contribution >= 0.6 is 0 Å². The summed E-state index contributed by atoms with van der Waals surface area (Å²) in [5, 5.41) is 0. The Hall–Kier alpha value is -2.48. The van der Waals surface area contributed by atoms with E-state index in [4.69, 9.17) is 9.98 Å². The zero-order valence-corrected chi connectivity index (χ0v) is 15.8. The van der Waals surface area contributed by atoms with Crippen molar-refractivity contribution >= 4 is 11.4 Å². The van der Waals surface area contributed by atoms with Gasteiger partial charge in [0.2, 0.25) is 0 Å². The molecule has 0 aliphatic heterocycles. The maximum Gasteiger partial charge on any atom is 0.0845 e. The Kier molecular flexibility index (Phi) is 4.71. The van der Waals surface area contributed by atoms with Crippen LogP contribution in [0.2, 0.25) is 0 Å². The van der Waals surface area contributed by atoms with Gasteiger partial charge < -0.3 is 0 Å². The minimum atomic E-state index is -0.0409. The van der Waals surface area contributed by atoms with Crippen molar-refractivity contribution in [1.29, 1.82) is 0 Å². The van der Waals surface area contributed by atoms with E-state index < -0.39 is 0 Å². The van der Waals surface area contributed by atoms with Gasteiger partial charge in [0.15, 0.2) is 0 Å². The van der Waals surface area contributed by atoms with Crippen LogP contribution in [0.15, 0.2) is 59.6 Å². The van der Waals surface area contributed by atoms with Gasteiger partial charge in [-0.15, -0.1) is 0 Å². The summed E-state index contributed by atoms with van der Waals surface area (Å²) >= 11 is 0. The third kappa shape index (κ3) is 3.63. The number of hydrogen-bond acceptors (Lipinski definition) is 2. The van der Waals surface area contributed by atoms with E-state index in [2.05, 4.69) is 76.3 Å². The molecule has 128 valence electrons. The topological polar surface area (TPSA) is 25.2 Å². The summed E-state index contributed by atoms with van der Waals surface area (Å²) in [6.07, 6.45) is 9.62. The Morgan fingerprint density at radius 3 is 2.44 bits per heavy atom. The second-order valence-electron chi connectivity index (χ2n) is 7.26. The van der Waals surface area contributed by atoms with Gasteiger partial charge >= 0.3 is 0 Å². The molecule has 1 aliphatic carbocycles. The molecule has 1 atom stereocenters. The van der Waals surface area contributed by atoms with Crippen molar-refractivity contribution in [1.82, 2.24) is 4.98 Å². The molecule has 1 aromatic carbocycles. The molecule has 2 nitrogen and oxygen atoms in total. The fraction of sp³-hybridized carbons (Fsp3) is 0.304. The fourth-order valence-corrected chi connectivity index (χ4v) is 3.45. The molecule has 0 N–H and O–H groups in total. The summed E-state index contributed by atoms with van der Waals surface area (Å²) < 4.78 is 0. The summed E-state index contributed by atoms with van der Waals surface area (Å²) in [5.74, 6) is 0. The molecule has 1 aromatic heterocycles. The van der Waals surface area contributed by atoms with Crippen LogP contribution in [0.3, 0.4) is 0 Å². The maximum atomic E-state index is 4.93. The van der Waals surface area contributed by atoms with Crippen molar-refractivity contribution in [2.45, 2.75) is 46.5 Å². The summed E-state index contributed by atoms with van der Waals surface area (Å²) in [6, 6.07) is 10.6. The standard InChI is InChI=1S/C23H26N2/c1-16-14-17(2)22(18(3)15-16)24-19(4)20-10-9-11-21(25-20)23(5)12-7-6-8-13-23/h6-12,14-15H,13H2,1-5H3. The molecule has 0 spiro atoms. The number of nitrogens with zero attached hydrogens (tertiary/aromatic N) is 2. The quantitative estimate of drug-likeness (QED) is 0.641. The van der Waals surface area contributed by atoms with E-state index in [0.29, 0.717) is 0 Å². The highest BCUT2D eigenvalue weighted by Crippen LogP contribution is 2.31. The number of allylic oxidation sites excluding steroid dienone is 4. The molecule has 2 heteroatoms. The highest BCUT2D eigenvalue weighted by Gasteiger charge is 2.25. The molecule has 2 aromatic rings. The number of aliphatic imine (C=N–C) groups is 1. The molecule has 25 heavy (non-hydrogen) atoms. The maximum absolute atomic E-state index is 4.93. The van der Waals surface area contributed by atoms with E-state index in [1.54, 1.807) is 0 Å². The van der Waals surface area contributed by atoms with E-state index in [1.807, 2.05) is 13.0 Å². The van der Waals surface area contributed by atoms with Gasteiger partial charge in [-0.05, 0) is 57.4 Å². The number of rotatable bonds is 3. The molecule has 0 bridgehead atoms. The minimum Gasteiger partial charge on any atom is -0.251 e. The van der Waals surface area contributed by atoms with Crippen LogP contribution in [0.5, 0.6) is 0 Å². The van der Waals surface area contributed by atoms with Crippen LogP contribution < -0.4 is 0 Å². The highest BCUT2D eigenvalue weighted by atomic mass is 14.8. The molecule has 0 saturated heterocycles. The lowest BCUT2D eigenvalue weighted by molar-refractivity contribution is 0.578. The van der Waals surface area contributed by atoms with Gasteiger partial charge in [0.25, 0.3) is 0 Å². The molecule has 0 saturated carbocycles. The first-order valence-corrected chi connectivity index (χ1v) is 8.84. The molecule has 0 fully saturated rings. The Morgan fingerprint density at radius 2 is 1.80 bits per heavy atom. The lowest BCUT2D eigenvalue weighted by atomic mass is 9.80. The van der Waals surface area contributed by atoms with Crippen molar-refractivity contribution < 1.29 is 0 Å². The first-order valence-electron chi connectivity index (χ1n) is 8.84. The average molecular weight is 330 g/mol. The largest absolute Gasteiger partial charge is 0.251 e. The fourth-order valence-electron chi connectivity index (χ4n) is 3.45. The Labute approximate surface area is 151 Å². The highest BCUT2D eigenvalue weighted by molar-refractivity contribution is 5.99. The van der Waals surface area contributed by atoms with E-state index in [9.17, 15) is 0 Å². The van der Waals surface area contributed by atoms with Crippen LogP contribution in [0.4, 0.5) is 5.69 Å². The molecule has 1 heterocycles. The predicted molar refractivity (Wildman–Crippen MR) is 107 cm³/mol. The van der Waals surface area contributed by atoms with E-state index in [1.165, 1.54) is 16.7 Å². The van der Waals surface area contributed by atoms with Gasteiger partial charge in [0.05, 0.1) is 22.8 Å². The number of aromatic nitrogens is 1. The zero-order valence-electron chi connectivity index (χ0n) is 15.8. The van der Waals surface area contributed by atoms with Gasteiger partial charge in [-0.25, -0.2) is 0 Å². The third-order valence-electron chi connectivity index (χ3n) is 4.87. The molecular formula is C23H26N2. The van der Waals surface area contributed by atoms with Gasteiger partial charge in [0, 0.05) is 5.41 Å². The number of pyridine rings is 1. The summed E-state index contributed by atoms with van der Waals surface area (Å²) in [5.41, 5.74) is 7.70. The van der Waals surface area contributed by atoms with E-state index >= 15 is 0 Å². The van der Waals surface area contributed by atoms with Crippen molar-refractivity contribution in [3.05, 3.63) is 82.7 Å². The number of hydrogen-bond donors (Lipinski definition) is 0. The Bertz CT molecular complexity index is 864. The molecular weight excluding hydrogens is 304 g/mol. The monoisotopic (exact) mass is 330 g/mol. The van der Waals surface area contributed by atoms with Gasteiger partial charge in [-0.3, -0.25) is 9.98 Å². The van der Waals surface area contributed by atoms with Crippen molar-refractivity contribution in [3.63, 3.8) is 0 Å². The van der Waals surface area contributed by atoms with Gasteiger partial charge in [-0.1, -0.05) is 55.0 Å². The minimum absolute atomic E-state index is 0.0409. The molecule has 0 amide bonds. The van der Waals surface area contributed by atoms with E-state index in [-0.39, 0.29) is 5.41 Å². The van der Waals surface area contributed by atoms with Crippen LogP contribution in [0.25, 0.3) is 0 Å². The Morgan fingerprint density at radius 1 is 1.08 bits per heavy atom. The second-order valence-corrected chi connectivity index (χ2v) is 7.26. The Balaban J connectivity index is 1.99. The number of aryl methyl sites for hydroxylation is 3. The SMILES string of the molecule is CC(=Nc1c(C)cc(C)cc1C)c1cccc(C2(C)C=CC=CC2)n1. The molecule has 1 aliphatic rings. The first kappa shape index (κ1) is 17.3. The van der Waals surface area contributed by atoms with Crippen molar-refractivity contribution in [2.75, 3.05) is 0 Å². The van der Waals surface area contributed by atoms with Gasteiger partial charge in [-0.2, -0.15) is 0 Å². The third-order valence-corrected chi connectivity index (χ3v) is 4.87. The smallest absolute Gasteiger partial charge is 0.0845 e. The molecule has 0 radical (unpaired) electrons. The summed E-state index contributed by atoms with van der Waals surface area (Å²) in [6.45, 7) is 10.6. The van der Waals surface area contributed by atoms with Crippen LogP contribution in [0, 0.1) is 20.8 Å². The normalized spacial score (nSPS) is 20.1. The van der Waals surface area contributed by atoms with Gasteiger partial charge in [0.1, 0.15) is 0 Å². The molecule has 1 unspecified atom stereocenters. The predicted octanol–water partition coefficient (Wildman–Crippen LogP) is 5.92. The van der Waals surface area contributed by atoms with Crippen molar-refractivity contribution in [2.24, 2.45) is 4.99 Å². The average Bonchev–Trinajstić information content (AvgIpc) is 2.58.